The zero-order valence-corrected chi connectivity index (χ0v) is 15.0. The van der Waals surface area contributed by atoms with Gasteiger partial charge in [0.05, 0.1) is 11.6 Å². The van der Waals surface area contributed by atoms with Gasteiger partial charge in [0.25, 0.3) is 12.4 Å². The largest absolute Gasteiger partial charge is 0.462 e. The predicted octanol–water partition coefficient (Wildman–Crippen LogP) is 2.02. The Balaban J connectivity index is 0.000000277. The predicted molar refractivity (Wildman–Crippen MR) is 96.3 cm³/mol. The normalized spacial score (nSPS) is 17.5. The highest BCUT2D eigenvalue weighted by Gasteiger charge is 2.17. The summed E-state index contributed by atoms with van der Waals surface area (Å²) in [4.78, 5) is 21.0. The highest BCUT2D eigenvalue weighted by molar-refractivity contribution is 6.04. The van der Waals surface area contributed by atoms with E-state index in [0.29, 0.717) is 23.6 Å². The quantitative estimate of drug-likeness (QED) is 0.828. The van der Waals surface area contributed by atoms with Crippen LogP contribution in [0.2, 0.25) is 0 Å². The maximum atomic E-state index is 11.4. The minimum atomic E-state index is -0.424. The third-order valence-electron chi connectivity index (χ3n) is 3.87. The van der Waals surface area contributed by atoms with Crippen LogP contribution in [0.3, 0.4) is 0 Å². The number of carbonyl (C=O) groups is 2. The second kappa shape index (κ2) is 8.11. The van der Waals surface area contributed by atoms with E-state index in [0.717, 1.165) is 31.3 Å². The smallest absolute Gasteiger partial charge is 0.293 e. The zero-order chi connectivity index (χ0) is 18.4. The van der Waals surface area contributed by atoms with Crippen molar-refractivity contribution in [2.45, 2.75) is 45.3 Å². The highest BCUT2D eigenvalue weighted by Crippen LogP contribution is 2.22. The van der Waals surface area contributed by atoms with Gasteiger partial charge in [-0.25, -0.2) is 0 Å². The van der Waals surface area contributed by atoms with Crippen molar-refractivity contribution in [1.82, 2.24) is 15.1 Å². The number of nitrogens with one attached hydrogen (secondary N) is 1. The highest BCUT2D eigenvalue weighted by atomic mass is 16.5. The molecule has 1 aromatic carbocycles. The summed E-state index contributed by atoms with van der Waals surface area (Å²) < 4.78 is 6.51. The van der Waals surface area contributed by atoms with Crippen LogP contribution in [0.1, 0.15) is 50.0 Å². The average Bonchev–Trinajstić information content (AvgIpc) is 2.99. The lowest BCUT2D eigenvalue weighted by Crippen LogP contribution is -2.31. The van der Waals surface area contributed by atoms with E-state index in [9.17, 15) is 9.59 Å². The van der Waals surface area contributed by atoms with Crippen molar-refractivity contribution in [3.8, 4) is 0 Å². The lowest BCUT2D eigenvalue weighted by Gasteiger charge is -2.22. The lowest BCUT2D eigenvalue weighted by molar-refractivity contribution is -0.138. The molecule has 1 atom stereocenters. The van der Waals surface area contributed by atoms with Gasteiger partial charge in [0, 0.05) is 18.1 Å². The molecule has 7 heteroatoms. The van der Waals surface area contributed by atoms with Crippen LogP contribution >= 0.6 is 0 Å². The number of benzene rings is 1. The second-order valence-corrected chi connectivity index (χ2v) is 7.04. The first-order valence-electron chi connectivity index (χ1n) is 8.41. The van der Waals surface area contributed by atoms with E-state index >= 15 is 0 Å². The summed E-state index contributed by atoms with van der Waals surface area (Å²) in [7, 11) is 0. The Labute approximate surface area is 147 Å². The lowest BCUT2D eigenvalue weighted by atomic mass is 10.1. The van der Waals surface area contributed by atoms with Crippen molar-refractivity contribution in [3.63, 3.8) is 0 Å². The van der Waals surface area contributed by atoms with Gasteiger partial charge in [-0.05, 0) is 46.2 Å². The fourth-order valence-corrected chi connectivity index (χ4v) is 2.65. The molecule has 1 aliphatic heterocycles. The summed E-state index contributed by atoms with van der Waals surface area (Å²) in [6, 6.07) is 5.89. The van der Waals surface area contributed by atoms with Crippen LogP contribution in [-0.4, -0.2) is 40.9 Å². The number of nitrogens with zero attached hydrogens (tertiary/aromatic N) is 2. The van der Waals surface area contributed by atoms with Crippen LogP contribution in [0.15, 0.2) is 24.4 Å². The van der Waals surface area contributed by atoms with Crippen molar-refractivity contribution < 1.29 is 14.3 Å². The van der Waals surface area contributed by atoms with Gasteiger partial charge < -0.3 is 15.8 Å². The van der Waals surface area contributed by atoms with Gasteiger partial charge in [-0.2, -0.15) is 5.10 Å². The standard InChI is InChI=1S/C13H16N4O.C5H10O2/c14-13(18)11-5-1-3-9-8-17(16-12(9)11)10-4-2-6-15-7-10;1-5(2,3)7-4-6/h1,3,5,8,10,15H,2,4,6-7H2,(H2,14,18);4H,1-3H3. The van der Waals surface area contributed by atoms with Crippen LogP contribution < -0.4 is 11.1 Å². The van der Waals surface area contributed by atoms with Gasteiger partial charge in [0.2, 0.25) is 0 Å². The Kier molecular flexibility index (Phi) is 6.14. The third kappa shape index (κ3) is 5.29. The molecule has 1 saturated heterocycles. The molecule has 2 heterocycles. The summed E-state index contributed by atoms with van der Waals surface area (Å²) in [5.74, 6) is -0.424. The fourth-order valence-electron chi connectivity index (χ4n) is 2.65. The van der Waals surface area contributed by atoms with Crippen LogP contribution in [0.25, 0.3) is 10.9 Å². The van der Waals surface area contributed by atoms with Crippen molar-refractivity contribution >= 4 is 23.3 Å². The molecule has 1 fully saturated rings. The van der Waals surface area contributed by atoms with Gasteiger partial charge in [0.15, 0.2) is 0 Å². The topological polar surface area (TPSA) is 99.2 Å². The van der Waals surface area contributed by atoms with E-state index in [1.807, 2.05) is 43.8 Å². The Morgan fingerprint density at radius 1 is 1.44 bits per heavy atom. The van der Waals surface area contributed by atoms with Gasteiger partial charge in [0.1, 0.15) is 11.1 Å². The molecule has 0 spiro atoms. The van der Waals surface area contributed by atoms with Crippen LogP contribution in [-0.2, 0) is 9.53 Å². The van der Waals surface area contributed by atoms with Crippen molar-refractivity contribution in [2.75, 3.05) is 13.1 Å². The second-order valence-electron chi connectivity index (χ2n) is 7.04. The number of nitrogens with two attached hydrogens (primary N) is 1. The van der Waals surface area contributed by atoms with Gasteiger partial charge >= 0.3 is 0 Å². The molecular weight excluding hydrogens is 320 g/mol. The first-order chi connectivity index (χ1) is 11.8. The first-order valence-corrected chi connectivity index (χ1v) is 8.41. The number of amides is 1. The molecule has 0 aliphatic carbocycles. The van der Waals surface area contributed by atoms with Crippen molar-refractivity contribution in [1.29, 1.82) is 0 Å². The first kappa shape index (κ1) is 18.9. The molecule has 3 N–H and O–H groups in total. The van der Waals surface area contributed by atoms with Gasteiger partial charge in [-0.15, -0.1) is 0 Å². The number of rotatable bonds is 3. The maximum Gasteiger partial charge on any atom is 0.293 e. The molecule has 136 valence electrons. The molecular formula is C18H26N4O3. The minimum absolute atomic E-state index is 0.318. The van der Waals surface area contributed by atoms with E-state index < -0.39 is 5.91 Å². The molecule has 0 saturated carbocycles. The Morgan fingerprint density at radius 2 is 2.20 bits per heavy atom. The van der Waals surface area contributed by atoms with Crippen molar-refractivity contribution in [2.24, 2.45) is 5.73 Å². The Bertz CT molecular complexity index is 727. The molecule has 3 rings (SSSR count). The fraction of sp³-hybridized carbons (Fsp3) is 0.500. The van der Waals surface area contributed by atoms with Gasteiger partial charge in [-0.3, -0.25) is 14.3 Å². The monoisotopic (exact) mass is 346 g/mol. The maximum absolute atomic E-state index is 11.4. The minimum Gasteiger partial charge on any atom is -0.462 e. The zero-order valence-electron chi connectivity index (χ0n) is 15.0. The molecule has 0 radical (unpaired) electrons. The number of piperidine rings is 1. The number of hydrogen-bond donors (Lipinski definition) is 2. The van der Waals surface area contributed by atoms with E-state index in [1.165, 1.54) is 0 Å². The van der Waals surface area contributed by atoms with Crippen LogP contribution in [0.5, 0.6) is 0 Å². The summed E-state index contributed by atoms with van der Waals surface area (Å²) in [5.41, 5.74) is 6.25. The van der Waals surface area contributed by atoms with Crippen LogP contribution in [0.4, 0.5) is 0 Å². The Hall–Kier alpha value is -2.41. The summed E-state index contributed by atoms with van der Waals surface area (Å²) in [6.45, 7) is 7.92. The average molecular weight is 346 g/mol. The summed E-state index contributed by atoms with van der Waals surface area (Å²) >= 11 is 0. The molecule has 1 aromatic heterocycles. The van der Waals surface area contributed by atoms with E-state index in [1.54, 1.807) is 6.07 Å². The number of carbonyl (C=O) groups excluding carboxylic acids is 2. The number of fused-ring (bicyclic) bond motifs is 1. The molecule has 1 amide bonds. The molecule has 0 bridgehead atoms. The molecule has 1 unspecified atom stereocenters. The van der Waals surface area contributed by atoms with E-state index in [2.05, 4.69) is 15.2 Å². The van der Waals surface area contributed by atoms with E-state index in [4.69, 9.17) is 5.73 Å². The number of aromatic nitrogens is 2. The number of ether oxygens (including phenoxy) is 1. The summed E-state index contributed by atoms with van der Waals surface area (Å²) in [6.07, 6.45) is 4.27. The molecule has 1 aliphatic rings. The number of hydrogen-bond acceptors (Lipinski definition) is 5. The molecule has 7 nitrogen and oxygen atoms in total. The third-order valence-corrected chi connectivity index (χ3v) is 3.87. The summed E-state index contributed by atoms with van der Waals surface area (Å²) in [5, 5.41) is 8.87. The number of primary amides is 1. The van der Waals surface area contributed by atoms with Crippen molar-refractivity contribution in [3.05, 3.63) is 30.0 Å². The molecule has 2 aromatic rings. The van der Waals surface area contributed by atoms with Gasteiger partial charge in [-0.1, -0.05) is 12.1 Å². The van der Waals surface area contributed by atoms with E-state index in [-0.39, 0.29) is 5.60 Å². The Morgan fingerprint density at radius 3 is 2.72 bits per heavy atom. The molecule has 25 heavy (non-hydrogen) atoms. The van der Waals surface area contributed by atoms with Crippen LogP contribution in [0, 0.1) is 0 Å². The SMILES string of the molecule is CC(C)(C)OC=O.NC(=O)c1cccc2cn(C3CCCNC3)nc12.